The van der Waals surface area contributed by atoms with Crippen molar-refractivity contribution in [3.8, 4) is 0 Å². The molecule has 0 spiro atoms. The van der Waals surface area contributed by atoms with Gasteiger partial charge in [-0.2, -0.15) is 0 Å². The third kappa shape index (κ3) is 137. The molecule has 0 rings (SSSR count). The Morgan fingerprint density at radius 1 is 1.60 bits per heavy atom. The van der Waals surface area contributed by atoms with Crippen LogP contribution in [0.4, 0.5) is 0 Å². The van der Waals surface area contributed by atoms with Crippen LogP contribution in [0.1, 0.15) is 0 Å². The minimum absolute atomic E-state index is 0. The van der Waals surface area contributed by atoms with Crippen LogP contribution in [0.3, 0.4) is 0 Å². The van der Waals surface area contributed by atoms with Gasteiger partial charge in [-0.15, -0.1) is 0 Å². The van der Waals surface area contributed by atoms with E-state index in [2.05, 4.69) is 0 Å². The van der Waals surface area contributed by atoms with Crippen molar-refractivity contribution in [2.75, 3.05) is 0 Å². The average molecular weight is 159 g/mol. The molecule has 0 saturated heterocycles. The second-order valence-electron chi connectivity index (χ2n) is 0.0680. The first-order valence-electron chi connectivity index (χ1n) is 0.333. The maximum Gasteiger partial charge on any atom is 0.154 e. The maximum absolute atomic E-state index is 7.88. The first kappa shape index (κ1) is 18.0. The van der Waals surface area contributed by atoms with Crippen LogP contribution in [-0.4, -0.2) is 0 Å². The summed E-state index contributed by atoms with van der Waals surface area (Å²) >= 11 is 0. The molecule has 0 bridgehead atoms. The van der Waals surface area contributed by atoms with Gasteiger partial charge in [0.1, 0.15) is 0 Å². The quantitative estimate of drug-likeness (QED) is 0.194. The average Bonchev–Trinajstić information content (AvgIpc) is 0.918. The van der Waals surface area contributed by atoms with Gasteiger partial charge in [-0.1, -0.05) is 10.2 Å². The van der Waals surface area contributed by atoms with Crippen LogP contribution in [0.15, 0.2) is 0 Å². The molecule has 0 amide bonds. The van der Waals surface area contributed by atoms with Crippen LogP contribution in [-0.2, 0) is 34.1 Å². The molecule has 0 aliphatic heterocycles. The van der Waals surface area contributed by atoms with Gasteiger partial charge in [-0.3, -0.25) is 0 Å². The van der Waals surface area contributed by atoms with Crippen molar-refractivity contribution in [2.24, 2.45) is 0 Å². The Bertz CT molecular complexity index is 14.4. The molecule has 0 fully saturated rings. The van der Waals surface area contributed by atoms with Crippen molar-refractivity contribution in [2.45, 2.75) is 0 Å². The van der Waals surface area contributed by atoms with Crippen molar-refractivity contribution in [1.82, 2.24) is 0 Å². The smallest absolute Gasteiger partial charge is 0.0772 e. The van der Waals surface area contributed by atoms with Crippen molar-refractivity contribution < 1.29 is 39.4 Å². The molecule has 0 aromatic rings. The van der Waals surface area contributed by atoms with E-state index in [0.29, 0.717) is 0 Å². The Morgan fingerprint density at radius 3 is 1.60 bits per heavy atom. The fourth-order valence-corrected chi connectivity index (χ4v) is 0. The fraction of sp³-hybridized carbons (Fsp3) is 0. The van der Waals surface area contributed by atoms with Crippen LogP contribution in [0, 0.1) is 9.71 Å². The van der Waals surface area contributed by atoms with E-state index in [4.69, 9.17) is 10.2 Å². The molecule has 0 atom stereocenters. The van der Waals surface area contributed by atoms with Gasteiger partial charge >= 0.3 is 0 Å². The molecule has 3 nitrogen and oxygen atoms in total. The predicted molar refractivity (Wildman–Crippen MR) is 6.73 cm³/mol. The summed E-state index contributed by atoms with van der Waals surface area (Å²) in [7, 11) is 0. The summed E-state index contributed by atoms with van der Waals surface area (Å²) in [6.07, 6.45) is 0. The standard InChI is InChI=1S/Fe.Mn.O3/c;;1-3-2. The Balaban J connectivity index is -0.0000000200. The molecule has 0 aliphatic carbocycles. The first-order valence-corrected chi connectivity index (χ1v) is 0.333. The van der Waals surface area contributed by atoms with Crippen LogP contribution < -0.4 is 5.26 Å². The summed E-state index contributed by atoms with van der Waals surface area (Å²) in [5.74, 6) is 0. The summed E-state index contributed by atoms with van der Waals surface area (Å²) in [4.78, 5) is 7.88. The number of hydrogen-bond donors (Lipinski definition) is 0. The minimum atomic E-state index is 0. The zero-order valence-electron chi connectivity index (χ0n) is 1.96. The molecule has 0 unspecified atom stereocenters. The molecule has 0 saturated carbocycles. The van der Waals surface area contributed by atoms with E-state index in [0.717, 1.165) is 0 Å². The van der Waals surface area contributed by atoms with Gasteiger partial charge in [0.25, 0.3) is 0 Å². The van der Waals surface area contributed by atoms with Gasteiger partial charge in [0.15, 0.2) is 4.75 Å². The molecule has 0 N–H and O–H groups in total. The van der Waals surface area contributed by atoms with Gasteiger partial charge in [-0.25, -0.2) is 0 Å². The number of rotatable bonds is 0. The van der Waals surface area contributed by atoms with Crippen molar-refractivity contribution in [3.63, 3.8) is 0 Å². The summed E-state index contributed by atoms with van der Waals surface area (Å²) in [5, 5.41) is 7.88. The zero-order valence-corrected chi connectivity index (χ0v) is 4.24. The Kier molecular flexibility index (Phi) is 91.4. The molecule has 0 aromatic carbocycles. The van der Waals surface area contributed by atoms with E-state index in [1.165, 1.54) is 0 Å². The van der Waals surface area contributed by atoms with Gasteiger partial charge in [0, 0.05) is 34.1 Å². The van der Waals surface area contributed by atoms with Crippen molar-refractivity contribution >= 4 is 0 Å². The maximum atomic E-state index is 7.88. The van der Waals surface area contributed by atoms with Gasteiger partial charge in [0.05, 0.1) is 0 Å². The second-order valence-corrected chi connectivity index (χ2v) is 0.0680. The minimum Gasteiger partial charge on any atom is -0.0772 e. The summed E-state index contributed by atoms with van der Waals surface area (Å²) in [6.45, 7) is 0. The summed E-state index contributed by atoms with van der Waals surface area (Å²) in [6, 6.07) is 0. The van der Waals surface area contributed by atoms with E-state index < -0.39 is 0 Å². The molecule has 0 heterocycles. The van der Waals surface area contributed by atoms with E-state index in [1.54, 1.807) is 4.75 Å². The topological polar surface area (TPSA) is 51.4 Å². The molecule has 0 aliphatic rings. The van der Waals surface area contributed by atoms with Crippen LogP contribution in [0.5, 0.6) is 0 Å². The third-order valence-corrected chi connectivity index (χ3v) is 0. The molecule has 5 heavy (non-hydrogen) atoms. The van der Waals surface area contributed by atoms with Crippen molar-refractivity contribution in [1.29, 1.82) is 0 Å². The molecular weight excluding hydrogens is 159 g/mol. The fourth-order valence-electron chi connectivity index (χ4n) is 0. The van der Waals surface area contributed by atoms with Crippen LogP contribution in [0.25, 0.3) is 0 Å². The Labute approximate surface area is 49.5 Å². The molecule has 0 aromatic heterocycles. The number of hydrogen-bond acceptors (Lipinski definition) is 2. The third-order valence-electron chi connectivity index (χ3n) is 0. The van der Waals surface area contributed by atoms with Crippen molar-refractivity contribution in [3.05, 3.63) is 9.71 Å². The molecule has 33 valence electrons. The monoisotopic (exact) mass is 159 g/mol. The predicted octanol–water partition coefficient (Wildman–Crippen LogP) is -1.13. The van der Waals surface area contributed by atoms with E-state index in [1.807, 2.05) is 0 Å². The Morgan fingerprint density at radius 2 is 1.60 bits per heavy atom. The van der Waals surface area contributed by atoms with Crippen LogP contribution >= 0.6 is 0 Å². The zero-order chi connectivity index (χ0) is 2.71. The van der Waals surface area contributed by atoms with Gasteiger partial charge in [0.2, 0.25) is 0 Å². The van der Waals surface area contributed by atoms with E-state index in [-0.39, 0.29) is 34.1 Å². The second kappa shape index (κ2) is 25.4. The molecule has 1 radical (unpaired) electrons. The summed E-state index contributed by atoms with van der Waals surface area (Å²) in [5.41, 5.74) is 0. The van der Waals surface area contributed by atoms with Crippen LogP contribution in [0.2, 0.25) is 0 Å². The summed E-state index contributed by atoms with van der Waals surface area (Å²) < 4.78 is 1.75. The van der Waals surface area contributed by atoms with E-state index >= 15 is 0 Å². The first-order chi connectivity index (χ1) is 1.41. The van der Waals surface area contributed by atoms with Gasteiger partial charge < -0.3 is 0 Å². The van der Waals surface area contributed by atoms with Gasteiger partial charge in [-0.05, 0) is 0 Å². The largest absolute Gasteiger partial charge is 0.154 e. The SMILES string of the molecule is O=[O+][O-].[Fe].[Mn]. The molecular formula is FeMnO3. The Hall–Kier alpha value is 0.439. The molecule has 5 heteroatoms. The van der Waals surface area contributed by atoms with E-state index in [9.17, 15) is 0 Å². The normalized spacial score (nSPS) is 2.40.